The summed E-state index contributed by atoms with van der Waals surface area (Å²) < 4.78 is 29.0. The van der Waals surface area contributed by atoms with E-state index in [1.54, 1.807) is 0 Å². The maximum atomic E-state index is 6.10. The smallest absolute Gasteiger partial charge is 0.399 e. The first kappa shape index (κ1) is 19.6. The SMILES string of the molecule is CC1(C)OB(c2ccc(-c3cc(COC4CCCCO4)on3)cc2)OC1(C)C. The van der Waals surface area contributed by atoms with Crippen molar-refractivity contribution in [2.75, 3.05) is 6.61 Å². The van der Waals surface area contributed by atoms with E-state index in [0.29, 0.717) is 12.4 Å². The van der Waals surface area contributed by atoms with Gasteiger partial charge in [-0.2, -0.15) is 0 Å². The van der Waals surface area contributed by atoms with Gasteiger partial charge in [-0.1, -0.05) is 29.4 Å². The first-order valence-electron chi connectivity index (χ1n) is 9.99. The molecule has 4 rings (SSSR count). The van der Waals surface area contributed by atoms with Gasteiger partial charge >= 0.3 is 7.12 Å². The molecule has 28 heavy (non-hydrogen) atoms. The Morgan fingerprint density at radius 1 is 1.07 bits per heavy atom. The van der Waals surface area contributed by atoms with E-state index < -0.39 is 0 Å². The van der Waals surface area contributed by atoms with Crippen molar-refractivity contribution in [2.45, 2.75) is 71.1 Å². The molecule has 0 amide bonds. The number of rotatable bonds is 5. The molecule has 150 valence electrons. The van der Waals surface area contributed by atoms with Crippen molar-refractivity contribution in [3.05, 3.63) is 36.1 Å². The van der Waals surface area contributed by atoms with Crippen molar-refractivity contribution >= 4 is 12.6 Å². The fraction of sp³-hybridized carbons (Fsp3) is 0.571. The number of nitrogens with zero attached hydrogens (tertiary/aromatic N) is 1. The first-order chi connectivity index (χ1) is 13.3. The third-order valence-electron chi connectivity index (χ3n) is 5.84. The Hall–Kier alpha value is -1.67. The van der Waals surface area contributed by atoms with Crippen LogP contribution in [0.15, 0.2) is 34.9 Å². The molecule has 1 aromatic heterocycles. The van der Waals surface area contributed by atoms with Crippen molar-refractivity contribution in [2.24, 2.45) is 0 Å². The van der Waals surface area contributed by atoms with Gasteiger partial charge in [0.25, 0.3) is 0 Å². The van der Waals surface area contributed by atoms with Gasteiger partial charge in [-0.05, 0) is 52.4 Å². The highest BCUT2D eigenvalue weighted by Crippen LogP contribution is 2.36. The maximum absolute atomic E-state index is 6.10. The van der Waals surface area contributed by atoms with Crippen LogP contribution < -0.4 is 5.46 Å². The van der Waals surface area contributed by atoms with Crippen LogP contribution in [0.25, 0.3) is 11.3 Å². The Labute approximate surface area is 166 Å². The fourth-order valence-corrected chi connectivity index (χ4v) is 3.32. The molecular weight excluding hydrogens is 357 g/mol. The molecule has 1 unspecified atom stereocenters. The fourth-order valence-electron chi connectivity index (χ4n) is 3.32. The number of aromatic nitrogens is 1. The van der Waals surface area contributed by atoms with E-state index in [-0.39, 0.29) is 24.6 Å². The second-order valence-electron chi connectivity index (χ2n) is 8.50. The maximum Gasteiger partial charge on any atom is 0.494 e. The molecule has 3 heterocycles. The molecule has 2 fully saturated rings. The molecule has 1 atom stereocenters. The van der Waals surface area contributed by atoms with E-state index in [0.717, 1.165) is 42.6 Å². The van der Waals surface area contributed by atoms with Crippen LogP contribution in [0.2, 0.25) is 0 Å². The molecule has 0 N–H and O–H groups in total. The van der Waals surface area contributed by atoms with E-state index in [9.17, 15) is 0 Å². The van der Waals surface area contributed by atoms with Crippen LogP contribution in [0.4, 0.5) is 0 Å². The molecule has 2 saturated heterocycles. The number of benzene rings is 1. The Balaban J connectivity index is 1.39. The van der Waals surface area contributed by atoms with Gasteiger partial charge in [-0.25, -0.2) is 0 Å². The summed E-state index contributed by atoms with van der Waals surface area (Å²) in [5, 5.41) is 4.17. The summed E-state index contributed by atoms with van der Waals surface area (Å²) in [7, 11) is -0.365. The normalized spacial score (nSPS) is 23.9. The van der Waals surface area contributed by atoms with Crippen molar-refractivity contribution in [3.8, 4) is 11.3 Å². The average Bonchev–Trinajstić information content (AvgIpc) is 3.23. The van der Waals surface area contributed by atoms with Crippen molar-refractivity contribution in [3.63, 3.8) is 0 Å². The van der Waals surface area contributed by atoms with Crippen molar-refractivity contribution < 1.29 is 23.3 Å². The summed E-state index contributed by atoms with van der Waals surface area (Å²) >= 11 is 0. The molecule has 2 aromatic rings. The molecule has 2 aliphatic rings. The topological polar surface area (TPSA) is 63.0 Å². The second-order valence-corrected chi connectivity index (χ2v) is 8.50. The lowest BCUT2D eigenvalue weighted by Gasteiger charge is -2.32. The van der Waals surface area contributed by atoms with Crippen LogP contribution >= 0.6 is 0 Å². The van der Waals surface area contributed by atoms with E-state index in [1.165, 1.54) is 0 Å². The molecular formula is C21H28BNO5. The summed E-state index contributed by atoms with van der Waals surface area (Å²) in [6.45, 7) is 9.35. The summed E-state index contributed by atoms with van der Waals surface area (Å²) in [4.78, 5) is 0. The van der Waals surface area contributed by atoms with Gasteiger partial charge in [-0.3, -0.25) is 0 Å². The molecule has 7 heteroatoms. The zero-order valence-corrected chi connectivity index (χ0v) is 17.1. The number of hydrogen-bond acceptors (Lipinski definition) is 6. The molecule has 0 saturated carbocycles. The summed E-state index contributed by atoms with van der Waals surface area (Å²) in [5.74, 6) is 0.694. The van der Waals surface area contributed by atoms with Crippen LogP contribution in [0.1, 0.15) is 52.7 Å². The molecule has 2 aliphatic heterocycles. The highest BCUT2D eigenvalue weighted by atomic mass is 16.7. The Morgan fingerprint density at radius 2 is 1.79 bits per heavy atom. The summed E-state index contributed by atoms with van der Waals surface area (Å²) in [6.07, 6.45) is 3.04. The summed E-state index contributed by atoms with van der Waals surface area (Å²) in [6, 6.07) is 9.95. The van der Waals surface area contributed by atoms with E-state index in [1.807, 2.05) is 30.3 Å². The van der Waals surface area contributed by atoms with Gasteiger partial charge in [-0.15, -0.1) is 0 Å². The first-order valence-corrected chi connectivity index (χ1v) is 9.99. The van der Waals surface area contributed by atoms with Gasteiger partial charge in [0.1, 0.15) is 12.3 Å². The quantitative estimate of drug-likeness (QED) is 0.732. The number of hydrogen-bond donors (Lipinski definition) is 0. The third-order valence-corrected chi connectivity index (χ3v) is 5.84. The second kappa shape index (κ2) is 7.63. The predicted octanol–water partition coefficient (Wildman–Crippen LogP) is 3.68. The monoisotopic (exact) mass is 385 g/mol. The molecule has 0 radical (unpaired) electrons. The van der Waals surface area contributed by atoms with Crippen LogP contribution in [-0.4, -0.2) is 36.4 Å². The van der Waals surface area contributed by atoms with Gasteiger partial charge in [0.05, 0.1) is 11.2 Å². The van der Waals surface area contributed by atoms with Gasteiger partial charge in [0, 0.05) is 18.2 Å². The van der Waals surface area contributed by atoms with E-state index in [2.05, 4.69) is 32.9 Å². The van der Waals surface area contributed by atoms with Crippen LogP contribution in [-0.2, 0) is 25.4 Å². The minimum Gasteiger partial charge on any atom is -0.399 e. The number of ether oxygens (including phenoxy) is 2. The van der Waals surface area contributed by atoms with Gasteiger partial charge in [0.2, 0.25) is 0 Å². The highest BCUT2D eigenvalue weighted by Gasteiger charge is 2.51. The lowest BCUT2D eigenvalue weighted by atomic mass is 9.79. The Bertz CT molecular complexity index is 779. The average molecular weight is 385 g/mol. The van der Waals surface area contributed by atoms with Crippen molar-refractivity contribution in [1.29, 1.82) is 0 Å². The molecule has 6 nitrogen and oxygen atoms in total. The van der Waals surface area contributed by atoms with E-state index >= 15 is 0 Å². The minimum absolute atomic E-state index is 0.138. The predicted molar refractivity (Wildman–Crippen MR) is 106 cm³/mol. The zero-order chi connectivity index (χ0) is 19.8. The summed E-state index contributed by atoms with van der Waals surface area (Å²) in [5.41, 5.74) is 2.05. The zero-order valence-electron chi connectivity index (χ0n) is 17.1. The molecule has 0 spiro atoms. The molecule has 1 aromatic carbocycles. The van der Waals surface area contributed by atoms with Gasteiger partial charge in [0.15, 0.2) is 12.1 Å². The standard InChI is InChI=1S/C21H28BNO5/c1-20(2)21(3,4)28-22(27-20)16-10-8-15(9-11-16)18-13-17(26-23-18)14-25-19-7-5-6-12-24-19/h8-11,13,19H,5-7,12,14H2,1-4H3. The Kier molecular flexibility index (Phi) is 5.35. The van der Waals surface area contributed by atoms with Crippen LogP contribution in [0.3, 0.4) is 0 Å². The molecule has 0 aliphatic carbocycles. The largest absolute Gasteiger partial charge is 0.494 e. The van der Waals surface area contributed by atoms with Gasteiger partial charge < -0.3 is 23.3 Å². The highest BCUT2D eigenvalue weighted by molar-refractivity contribution is 6.62. The molecule has 0 bridgehead atoms. The Morgan fingerprint density at radius 3 is 2.43 bits per heavy atom. The third kappa shape index (κ3) is 4.03. The van der Waals surface area contributed by atoms with Crippen LogP contribution in [0.5, 0.6) is 0 Å². The van der Waals surface area contributed by atoms with Crippen LogP contribution in [0, 0.1) is 0 Å². The van der Waals surface area contributed by atoms with Crippen molar-refractivity contribution in [1.82, 2.24) is 5.16 Å². The minimum atomic E-state index is -0.365. The lowest BCUT2D eigenvalue weighted by Crippen LogP contribution is -2.41. The lowest BCUT2D eigenvalue weighted by molar-refractivity contribution is -0.171. The van der Waals surface area contributed by atoms with E-state index in [4.69, 9.17) is 23.3 Å².